The molecular weight excluding hydrogens is 261 g/mol. The predicted molar refractivity (Wildman–Crippen MR) is 68.3 cm³/mol. The number of halogens is 3. The van der Waals surface area contributed by atoms with Crippen LogP contribution < -0.4 is 5.32 Å². The van der Waals surface area contributed by atoms with Gasteiger partial charge in [-0.15, -0.1) is 0 Å². The van der Waals surface area contributed by atoms with Crippen LogP contribution in [0.4, 0.5) is 13.2 Å². The van der Waals surface area contributed by atoms with Crippen molar-refractivity contribution in [3.05, 3.63) is 0 Å². The summed E-state index contributed by atoms with van der Waals surface area (Å²) < 4.78 is 46.3. The molecule has 0 spiro atoms. The Morgan fingerprint density at radius 3 is 2.21 bits per heavy atom. The van der Waals surface area contributed by atoms with Crippen molar-refractivity contribution in [2.75, 3.05) is 47.1 Å². The molecule has 0 aliphatic heterocycles. The standard InChI is InChI=1S/C12H25F3N2O2/c1-10(7-16-9-12(13,14)15)17(5-6-18-3)11(2)8-19-4/h10-11,16H,5-9H2,1-4H3. The molecule has 0 aliphatic carbocycles. The highest BCUT2D eigenvalue weighted by Gasteiger charge is 2.27. The average Bonchev–Trinajstić information content (AvgIpc) is 2.28. The monoisotopic (exact) mass is 286 g/mol. The first-order valence-electron chi connectivity index (χ1n) is 6.33. The summed E-state index contributed by atoms with van der Waals surface area (Å²) in [6, 6.07) is 0.102. The molecule has 0 saturated carbocycles. The van der Waals surface area contributed by atoms with Gasteiger partial charge in [0.15, 0.2) is 0 Å². The van der Waals surface area contributed by atoms with Crippen LogP contribution in [0, 0.1) is 0 Å². The third-order valence-electron chi connectivity index (χ3n) is 2.86. The fourth-order valence-electron chi connectivity index (χ4n) is 1.95. The summed E-state index contributed by atoms with van der Waals surface area (Å²) in [5.41, 5.74) is 0. The lowest BCUT2D eigenvalue weighted by molar-refractivity contribution is -0.125. The Morgan fingerprint density at radius 2 is 1.74 bits per heavy atom. The molecule has 1 N–H and O–H groups in total. The fourth-order valence-corrected chi connectivity index (χ4v) is 1.95. The zero-order valence-corrected chi connectivity index (χ0v) is 12.1. The molecule has 0 aliphatic rings. The molecule has 0 rings (SSSR count). The van der Waals surface area contributed by atoms with Crippen molar-refractivity contribution < 1.29 is 22.6 Å². The molecule has 0 bridgehead atoms. The van der Waals surface area contributed by atoms with Crippen molar-refractivity contribution >= 4 is 0 Å². The number of nitrogens with one attached hydrogen (secondary N) is 1. The zero-order valence-electron chi connectivity index (χ0n) is 12.1. The van der Waals surface area contributed by atoms with Crippen LogP contribution in [0.3, 0.4) is 0 Å². The lowest BCUT2D eigenvalue weighted by Crippen LogP contribution is -2.49. The first kappa shape index (κ1) is 18.6. The smallest absolute Gasteiger partial charge is 0.383 e. The first-order valence-corrected chi connectivity index (χ1v) is 6.33. The van der Waals surface area contributed by atoms with Crippen LogP contribution in [0.1, 0.15) is 13.8 Å². The second-order valence-corrected chi connectivity index (χ2v) is 4.63. The molecule has 2 unspecified atom stereocenters. The summed E-state index contributed by atoms with van der Waals surface area (Å²) in [4.78, 5) is 2.08. The Kier molecular flexibility index (Phi) is 9.34. The molecule has 2 atom stereocenters. The van der Waals surface area contributed by atoms with Crippen LogP contribution in [0.2, 0.25) is 0 Å². The number of nitrogens with zero attached hydrogens (tertiary/aromatic N) is 1. The van der Waals surface area contributed by atoms with E-state index in [-0.39, 0.29) is 18.6 Å². The van der Waals surface area contributed by atoms with E-state index in [0.717, 1.165) is 0 Å². The van der Waals surface area contributed by atoms with Crippen LogP contribution in [0.5, 0.6) is 0 Å². The lowest BCUT2D eigenvalue weighted by Gasteiger charge is -2.34. The number of hydrogen-bond acceptors (Lipinski definition) is 4. The van der Waals surface area contributed by atoms with Crippen LogP contribution in [-0.2, 0) is 9.47 Å². The minimum Gasteiger partial charge on any atom is -0.383 e. The molecule has 0 radical (unpaired) electrons. The number of ether oxygens (including phenoxy) is 2. The van der Waals surface area contributed by atoms with Gasteiger partial charge < -0.3 is 14.8 Å². The summed E-state index contributed by atoms with van der Waals surface area (Å²) in [7, 11) is 3.21. The molecule has 0 aromatic rings. The largest absolute Gasteiger partial charge is 0.401 e. The summed E-state index contributed by atoms with van der Waals surface area (Å²) in [5.74, 6) is 0. The van der Waals surface area contributed by atoms with Gasteiger partial charge in [0.1, 0.15) is 0 Å². The number of alkyl halides is 3. The summed E-state index contributed by atoms with van der Waals surface area (Å²) in [6.07, 6.45) is -4.17. The van der Waals surface area contributed by atoms with Gasteiger partial charge in [0.05, 0.1) is 19.8 Å². The molecule has 0 aromatic carbocycles. The molecule has 0 amide bonds. The van der Waals surface area contributed by atoms with Gasteiger partial charge in [-0.1, -0.05) is 0 Å². The Labute approximate surface area is 113 Å². The molecule has 0 heterocycles. The molecule has 116 valence electrons. The van der Waals surface area contributed by atoms with Gasteiger partial charge in [-0.25, -0.2) is 0 Å². The van der Waals surface area contributed by atoms with Crippen molar-refractivity contribution in [1.29, 1.82) is 0 Å². The van der Waals surface area contributed by atoms with Gasteiger partial charge in [0.25, 0.3) is 0 Å². The number of methoxy groups -OCH3 is 2. The van der Waals surface area contributed by atoms with E-state index in [1.807, 2.05) is 13.8 Å². The summed E-state index contributed by atoms with van der Waals surface area (Å²) in [5, 5.41) is 2.43. The second kappa shape index (κ2) is 9.52. The van der Waals surface area contributed by atoms with Gasteiger partial charge in [-0.2, -0.15) is 13.2 Å². The van der Waals surface area contributed by atoms with Crippen LogP contribution in [0.25, 0.3) is 0 Å². The highest BCUT2D eigenvalue weighted by molar-refractivity contribution is 4.76. The maximum Gasteiger partial charge on any atom is 0.401 e. The topological polar surface area (TPSA) is 33.7 Å². The Bertz CT molecular complexity index is 228. The Morgan fingerprint density at radius 1 is 1.11 bits per heavy atom. The van der Waals surface area contributed by atoms with E-state index in [2.05, 4.69) is 10.2 Å². The summed E-state index contributed by atoms with van der Waals surface area (Å²) >= 11 is 0. The molecular formula is C12H25F3N2O2. The van der Waals surface area contributed by atoms with E-state index in [1.165, 1.54) is 0 Å². The van der Waals surface area contributed by atoms with Crippen molar-refractivity contribution in [1.82, 2.24) is 10.2 Å². The molecule has 0 saturated heterocycles. The average molecular weight is 286 g/mol. The maximum atomic E-state index is 12.1. The highest BCUT2D eigenvalue weighted by Crippen LogP contribution is 2.12. The van der Waals surface area contributed by atoms with E-state index in [9.17, 15) is 13.2 Å². The third kappa shape index (κ3) is 9.21. The van der Waals surface area contributed by atoms with Crippen molar-refractivity contribution in [2.24, 2.45) is 0 Å². The van der Waals surface area contributed by atoms with E-state index < -0.39 is 12.7 Å². The van der Waals surface area contributed by atoms with Crippen molar-refractivity contribution in [2.45, 2.75) is 32.1 Å². The van der Waals surface area contributed by atoms with E-state index in [0.29, 0.717) is 19.8 Å². The van der Waals surface area contributed by atoms with Gasteiger partial charge >= 0.3 is 6.18 Å². The fraction of sp³-hybridized carbons (Fsp3) is 1.00. The molecule has 7 heteroatoms. The van der Waals surface area contributed by atoms with Gasteiger partial charge in [-0.05, 0) is 13.8 Å². The van der Waals surface area contributed by atoms with Gasteiger partial charge in [0, 0.05) is 39.4 Å². The highest BCUT2D eigenvalue weighted by atomic mass is 19.4. The molecule has 0 fully saturated rings. The lowest BCUT2D eigenvalue weighted by atomic mass is 10.2. The van der Waals surface area contributed by atoms with Gasteiger partial charge in [-0.3, -0.25) is 4.90 Å². The quantitative estimate of drug-likeness (QED) is 0.660. The van der Waals surface area contributed by atoms with E-state index in [1.54, 1.807) is 14.2 Å². The van der Waals surface area contributed by atoms with E-state index >= 15 is 0 Å². The molecule has 19 heavy (non-hydrogen) atoms. The SMILES string of the molecule is COCCN(C(C)CNCC(F)(F)F)C(C)COC. The minimum atomic E-state index is -4.17. The van der Waals surface area contributed by atoms with E-state index in [4.69, 9.17) is 9.47 Å². The van der Waals surface area contributed by atoms with Crippen LogP contribution in [0.15, 0.2) is 0 Å². The number of hydrogen-bond donors (Lipinski definition) is 1. The maximum absolute atomic E-state index is 12.1. The molecule has 4 nitrogen and oxygen atoms in total. The predicted octanol–water partition coefficient (Wildman–Crippen LogP) is 1.51. The Hall–Kier alpha value is -0.370. The summed E-state index contributed by atoms with van der Waals surface area (Å²) in [6.45, 7) is 4.93. The van der Waals surface area contributed by atoms with Crippen LogP contribution in [-0.4, -0.2) is 70.2 Å². The number of rotatable bonds is 10. The second-order valence-electron chi connectivity index (χ2n) is 4.63. The first-order chi connectivity index (χ1) is 8.81. The van der Waals surface area contributed by atoms with Crippen molar-refractivity contribution in [3.63, 3.8) is 0 Å². The van der Waals surface area contributed by atoms with Crippen LogP contribution >= 0.6 is 0 Å². The van der Waals surface area contributed by atoms with Crippen molar-refractivity contribution in [3.8, 4) is 0 Å². The third-order valence-corrected chi connectivity index (χ3v) is 2.86. The van der Waals surface area contributed by atoms with Gasteiger partial charge in [0.2, 0.25) is 0 Å². The normalized spacial score (nSPS) is 15.8. The molecule has 0 aromatic heterocycles. The minimum absolute atomic E-state index is 0.0253. The zero-order chi connectivity index (χ0) is 14.9. The Balaban J connectivity index is 4.24.